The third-order valence-corrected chi connectivity index (χ3v) is 3.22. The van der Waals surface area contributed by atoms with Gasteiger partial charge in [-0.25, -0.2) is 0 Å². The number of nitrogens with zero attached hydrogens (tertiary/aromatic N) is 1. The fourth-order valence-corrected chi connectivity index (χ4v) is 1.78. The van der Waals surface area contributed by atoms with Gasteiger partial charge >= 0.3 is 0 Å². The lowest BCUT2D eigenvalue weighted by Crippen LogP contribution is -2.57. The molecule has 1 fully saturated rings. The van der Waals surface area contributed by atoms with Crippen molar-refractivity contribution < 1.29 is 4.79 Å². The number of carbonyl (C=O) groups excluding carboxylic acids is 1. The van der Waals surface area contributed by atoms with Crippen molar-refractivity contribution >= 4 is 17.5 Å². The maximum absolute atomic E-state index is 11.9. The summed E-state index contributed by atoms with van der Waals surface area (Å²) in [5.74, 6) is 0.161. The van der Waals surface area contributed by atoms with Crippen molar-refractivity contribution in [3.8, 4) is 0 Å². The van der Waals surface area contributed by atoms with Crippen molar-refractivity contribution in [2.75, 3.05) is 20.1 Å². The van der Waals surface area contributed by atoms with Crippen LogP contribution in [0.5, 0.6) is 0 Å². The fraction of sp³-hybridized carbons (Fsp3) is 0.417. The lowest BCUT2D eigenvalue weighted by Gasteiger charge is -2.35. The monoisotopic (exact) mass is 238 g/mol. The second-order valence-electron chi connectivity index (χ2n) is 4.12. The number of nitrogens with one attached hydrogen (secondary N) is 1. The molecule has 0 aliphatic carbocycles. The Morgan fingerprint density at radius 2 is 2.06 bits per heavy atom. The highest BCUT2D eigenvalue weighted by atomic mass is 35.5. The van der Waals surface area contributed by atoms with Crippen LogP contribution < -0.4 is 5.32 Å². The smallest absolute Gasteiger partial charge is 0.227 e. The SMILES string of the molecule is CN(C(=O)Cc1ccc(Cl)cc1)C1CNC1. The standard InChI is InChI=1S/C12H15ClN2O/c1-15(11-7-14-8-11)12(16)6-9-2-4-10(13)5-3-9/h2-5,11,14H,6-8H2,1H3. The van der Waals surface area contributed by atoms with Crippen molar-refractivity contribution in [1.29, 1.82) is 0 Å². The van der Waals surface area contributed by atoms with Crippen molar-refractivity contribution in [3.05, 3.63) is 34.9 Å². The quantitative estimate of drug-likeness (QED) is 0.861. The Labute approximate surface area is 100 Å². The summed E-state index contributed by atoms with van der Waals surface area (Å²) in [5, 5.41) is 3.86. The van der Waals surface area contributed by atoms with Gasteiger partial charge in [0.1, 0.15) is 0 Å². The molecule has 1 N–H and O–H groups in total. The lowest BCUT2D eigenvalue weighted by molar-refractivity contribution is -0.132. The molecule has 1 amide bonds. The minimum atomic E-state index is 0.161. The third kappa shape index (κ3) is 2.54. The van der Waals surface area contributed by atoms with Crippen LogP contribution >= 0.6 is 11.6 Å². The molecule has 0 unspecified atom stereocenters. The summed E-state index contributed by atoms with van der Waals surface area (Å²) in [4.78, 5) is 13.7. The van der Waals surface area contributed by atoms with Gasteiger partial charge in [0, 0.05) is 25.2 Å². The molecule has 0 aromatic heterocycles. The molecule has 16 heavy (non-hydrogen) atoms. The summed E-state index contributed by atoms with van der Waals surface area (Å²) in [6.45, 7) is 1.81. The van der Waals surface area contributed by atoms with Crippen LogP contribution in [-0.4, -0.2) is 37.0 Å². The molecule has 0 spiro atoms. The Balaban J connectivity index is 1.93. The number of benzene rings is 1. The van der Waals surface area contributed by atoms with Gasteiger partial charge in [0.05, 0.1) is 12.5 Å². The number of rotatable bonds is 3. The molecule has 1 aromatic rings. The van der Waals surface area contributed by atoms with Crippen molar-refractivity contribution in [3.63, 3.8) is 0 Å². The second-order valence-corrected chi connectivity index (χ2v) is 4.56. The number of hydrogen-bond donors (Lipinski definition) is 1. The Hall–Kier alpha value is -1.06. The van der Waals surface area contributed by atoms with Gasteiger partial charge in [-0.15, -0.1) is 0 Å². The molecular formula is C12H15ClN2O. The molecule has 1 heterocycles. The maximum atomic E-state index is 11.9. The van der Waals surface area contributed by atoms with E-state index < -0.39 is 0 Å². The Kier molecular flexibility index (Phi) is 3.46. The van der Waals surface area contributed by atoms with E-state index in [2.05, 4.69) is 5.32 Å². The van der Waals surface area contributed by atoms with Crippen LogP contribution in [-0.2, 0) is 11.2 Å². The van der Waals surface area contributed by atoms with Crippen molar-refractivity contribution in [1.82, 2.24) is 10.2 Å². The number of hydrogen-bond acceptors (Lipinski definition) is 2. The van der Waals surface area contributed by atoms with E-state index in [9.17, 15) is 4.79 Å². The Morgan fingerprint density at radius 1 is 1.44 bits per heavy atom. The average molecular weight is 239 g/mol. The van der Waals surface area contributed by atoms with Crippen LogP contribution in [0.1, 0.15) is 5.56 Å². The van der Waals surface area contributed by atoms with Crippen molar-refractivity contribution in [2.45, 2.75) is 12.5 Å². The maximum Gasteiger partial charge on any atom is 0.227 e. The molecule has 2 rings (SSSR count). The van der Waals surface area contributed by atoms with Gasteiger partial charge in [-0.3, -0.25) is 4.79 Å². The zero-order valence-corrected chi connectivity index (χ0v) is 10.00. The average Bonchev–Trinajstić information content (AvgIpc) is 2.19. The third-order valence-electron chi connectivity index (χ3n) is 2.97. The molecule has 1 aliphatic heterocycles. The summed E-state index contributed by atoms with van der Waals surface area (Å²) in [7, 11) is 1.86. The van der Waals surface area contributed by atoms with Gasteiger partial charge in [0.15, 0.2) is 0 Å². The fourth-order valence-electron chi connectivity index (χ4n) is 1.65. The van der Waals surface area contributed by atoms with Gasteiger partial charge in [-0.05, 0) is 17.7 Å². The van der Waals surface area contributed by atoms with Crippen LogP contribution in [0.3, 0.4) is 0 Å². The highest BCUT2D eigenvalue weighted by molar-refractivity contribution is 6.30. The number of halogens is 1. The van der Waals surface area contributed by atoms with Crippen molar-refractivity contribution in [2.24, 2.45) is 0 Å². The second kappa shape index (κ2) is 4.85. The molecule has 1 saturated heterocycles. The van der Waals surface area contributed by atoms with Gasteiger partial charge < -0.3 is 10.2 Å². The molecular weight excluding hydrogens is 224 g/mol. The first-order valence-corrected chi connectivity index (χ1v) is 5.75. The molecule has 0 bridgehead atoms. The summed E-state index contributed by atoms with van der Waals surface area (Å²) in [6.07, 6.45) is 0.449. The van der Waals surface area contributed by atoms with E-state index in [0.29, 0.717) is 17.5 Å². The summed E-state index contributed by atoms with van der Waals surface area (Å²) >= 11 is 5.79. The molecule has 1 aromatic carbocycles. The minimum Gasteiger partial charge on any atom is -0.340 e. The first-order chi connectivity index (χ1) is 7.66. The largest absolute Gasteiger partial charge is 0.340 e. The molecule has 1 aliphatic rings. The first-order valence-electron chi connectivity index (χ1n) is 5.37. The highest BCUT2D eigenvalue weighted by Crippen LogP contribution is 2.11. The summed E-state index contributed by atoms with van der Waals surface area (Å²) < 4.78 is 0. The zero-order chi connectivity index (χ0) is 11.5. The van der Waals surface area contributed by atoms with E-state index in [1.807, 2.05) is 36.2 Å². The van der Waals surface area contributed by atoms with E-state index in [0.717, 1.165) is 18.7 Å². The van der Waals surface area contributed by atoms with Gasteiger partial charge in [0.25, 0.3) is 0 Å². The van der Waals surface area contributed by atoms with Gasteiger partial charge in [-0.2, -0.15) is 0 Å². The molecule has 0 saturated carbocycles. The molecule has 0 radical (unpaired) electrons. The van der Waals surface area contributed by atoms with E-state index in [1.54, 1.807) is 0 Å². The minimum absolute atomic E-state index is 0.161. The number of likely N-dealkylation sites (N-methyl/N-ethyl adjacent to an activating group) is 1. The first kappa shape index (κ1) is 11.4. The van der Waals surface area contributed by atoms with Gasteiger partial charge in [-0.1, -0.05) is 23.7 Å². The van der Waals surface area contributed by atoms with E-state index >= 15 is 0 Å². The van der Waals surface area contributed by atoms with E-state index in [-0.39, 0.29) is 5.91 Å². The van der Waals surface area contributed by atoms with E-state index in [4.69, 9.17) is 11.6 Å². The predicted molar refractivity (Wildman–Crippen MR) is 64.6 cm³/mol. The van der Waals surface area contributed by atoms with Crippen LogP contribution in [0.4, 0.5) is 0 Å². The zero-order valence-electron chi connectivity index (χ0n) is 9.24. The highest BCUT2D eigenvalue weighted by Gasteiger charge is 2.24. The van der Waals surface area contributed by atoms with Crippen LogP contribution in [0, 0.1) is 0 Å². The van der Waals surface area contributed by atoms with E-state index in [1.165, 1.54) is 0 Å². The lowest BCUT2D eigenvalue weighted by atomic mass is 10.1. The predicted octanol–water partition coefficient (Wildman–Crippen LogP) is 1.31. The normalized spacial score (nSPS) is 15.6. The topological polar surface area (TPSA) is 32.3 Å². The van der Waals surface area contributed by atoms with Crippen LogP contribution in [0.25, 0.3) is 0 Å². The molecule has 3 nitrogen and oxygen atoms in total. The Morgan fingerprint density at radius 3 is 2.56 bits per heavy atom. The number of amides is 1. The van der Waals surface area contributed by atoms with Crippen LogP contribution in [0.15, 0.2) is 24.3 Å². The number of carbonyl (C=O) groups is 1. The molecule has 86 valence electrons. The summed E-state index contributed by atoms with van der Waals surface area (Å²) in [5.41, 5.74) is 1.01. The van der Waals surface area contributed by atoms with Gasteiger partial charge in [0.2, 0.25) is 5.91 Å². The Bertz CT molecular complexity index is 373. The van der Waals surface area contributed by atoms with Crippen LogP contribution in [0.2, 0.25) is 5.02 Å². The molecule has 0 atom stereocenters. The molecule has 4 heteroatoms. The summed E-state index contributed by atoms with van der Waals surface area (Å²) in [6, 6.07) is 7.78.